The monoisotopic (exact) mass is 333 g/mol. The molecule has 6 nitrogen and oxygen atoms in total. The Morgan fingerprint density at radius 2 is 2.08 bits per heavy atom. The van der Waals surface area contributed by atoms with Gasteiger partial charge < -0.3 is 14.5 Å². The first-order chi connectivity index (χ1) is 11.6. The minimum Gasteiger partial charge on any atom is -0.379 e. The van der Waals surface area contributed by atoms with Crippen LogP contribution < -0.4 is 4.90 Å². The van der Waals surface area contributed by atoms with Crippen molar-refractivity contribution in [3.63, 3.8) is 0 Å². The molecule has 0 amide bonds. The van der Waals surface area contributed by atoms with Crippen LogP contribution >= 0.6 is 0 Å². The summed E-state index contributed by atoms with van der Waals surface area (Å²) in [6, 6.07) is 4.15. The fraction of sp³-hybridized carbons (Fsp3) is 0.778. The highest BCUT2D eigenvalue weighted by Gasteiger charge is 2.39. The number of rotatable bonds is 4. The zero-order valence-electron chi connectivity index (χ0n) is 15.4. The molecule has 134 valence electrons. The van der Waals surface area contributed by atoms with Crippen LogP contribution in [0, 0.1) is 12.3 Å². The lowest BCUT2D eigenvalue weighted by Gasteiger charge is -2.44. The Kier molecular flexibility index (Phi) is 5.69. The van der Waals surface area contributed by atoms with E-state index < -0.39 is 0 Å². The Morgan fingerprint density at radius 1 is 1.21 bits per heavy atom. The lowest BCUT2D eigenvalue weighted by atomic mass is 9.80. The second kappa shape index (κ2) is 7.76. The molecule has 1 spiro atoms. The summed E-state index contributed by atoms with van der Waals surface area (Å²) >= 11 is 0. The molecule has 3 heterocycles. The average Bonchev–Trinajstić information content (AvgIpc) is 2.76. The second-order valence-electron chi connectivity index (χ2n) is 7.69. The first-order valence-electron chi connectivity index (χ1n) is 9.06. The molecule has 2 saturated heterocycles. The molecule has 0 bridgehead atoms. The van der Waals surface area contributed by atoms with E-state index in [1.54, 1.807) is 0 Å². The van der Waals surface area contributed by atoms with E-state index in [1.807, 2.05) is 6.92 Å². The van der Waals surface area contributed by atoms with Crippen molar-refractivity contribution in [2.24, 2.45) is 5.41 Å². The molecule has 1 atom stereocenters. The molecule has 0 aliphatic carbocycles. The van der Waals surface area contributed by atoms with Gasteiger partial charge in [-0.05, 0) is 46.0 Å². The number of likely N-dealkylation sites (N-methyl/N-ethyl adjacent to an activating group) is 1. The summed E-state index contributed by atoms with van der Waals surface area (Å²) in [4.78, 5) is 7.24. The number of ether oxygens (including phenoxy) is 1. The Balaban J connectivity index is 1.69. The average molecular weight is 333 g/mol. The SMILES string of the molecule is Cc1ccc(N2CCCC3(COCCN(CCN(C)C)C3)C2)nn1. The van der Waals surface area contributed by atoms with Crippen molar-refractivity contribution < 1.29 is 4.74 Å². The zero-order valence-corrected chi connectivity index (χ0v) is 15.4. The molecular weight excluding hydrogens is 302 g/mol. The van der Waals surface area contributed by atoms with Crippen molar-refractivity contribution in [1.82, 2.24) is 20.0 Å². The summed E-state index contributed by atoms with van der Waals surface area (Å²) in [6.07, 6.45) is 2.43. The molecule has 1 aromatic heterocycles. The molecule has 3 rings (SSSR count). The highest BCUT2D eigenvalue weighted by atomic mass is 16.5. The molecule has 6 heteroatoms. The summed E-state index contributed by atoms with van der Waals surface area (Å²) in [5, 5.41) is 8.63. The van der Waals surface area contributed by atoms with Crippen LogP contribution in [0.3, 0.4) is 0 Å². The van der Waals surface area contributed by atoms with Gasteiger partial charge in [0.1, 0.15) is 0 Å². The third-order valence-electron chi connectivity index (χ3n) is 5.15. The number of hydrogen-bond donors (Lipinski definition) is 0. The predicted molar refractivity (Wildman–Crippen MR) is 96.5 cm³/mol. The van der Waals surface area contributed by atoms with E-state index in [2.05, 4.69) is 51.1 Å². The fourth-order valence-corrected chi connectivity index (χ4v) is 3.82. The van der Waals surface area contributed by atoms with Crippen molar-refractivity contribution >= 4 is 5.82 Å². The van der Waals surface area contributed by atoms with E-state index in [9.17, 15) is 0 Å². The predicted octanol–water partition coefficient (Wildman–Crippen LogP) is 1.27. The van der Waals surface area contributed by atoms with Crippen molar-refractivity contribution in [3.8, 4) is 0 Å². The maximum Gasteiger partial charge on any atom is 0.151 e. The van der Waals surface area contributed by atoms with Gasteiger partial charge in [-0.25, -0.2) is 0 Å². The summed E-state index contributed by atoms with van der Waals surface area (Å²) in [5.41, 5.74) is 1.19. The number of piperidine rings is 1. The van der Waals surface area contributed by atoms with Crippen LogP contribution in [-0.2, 0) is 4.74 Å². The summed E-state index contributed by atoms with van der Waals surface area (Å²) in [6.45, 7) is 10.2. The maximum absolute atomic E-state index is 6.01. The highest BCUT2D eigenvalue weighted by Crippen LogP contribution is 2.34. The number of anilines is 1. The minimum atomic E-state index is 0.216. The van der Waals surface area contributed by atoms with Crippen LogP contribution in [0.1, 0.15) is 18.5 Å². The standard InChI is InChI=1S/C18H31N5O/c1-16-5-6-17(20-19-16)23-8-4-7-18(14-23)13-22(10-9-21(2)3)11-12-24-15-18/h5-6H,4,7-15H2,1-3H3. The van der Waals surface area contributed by atoms with Gasteiger partial charge in [-0.3, -0.25) is 4.90 Å². The Labute approximate surface area is 145 Å². The molecule has 1 aromatic rings. The van der Waals surface area contributed by atoms with Gasteiger partial charge in [0, 0.05) is 44.7 Å². The van der Waals surface area contributed by atoms with Gasteiger partial charge in [0.15, 0.2) is 5.82 Å². The third-order valence-corrected chi connectivity index (χ3v) is 5.15. The molecule has 0 radical (unpaired) electrons. The highest BCUT2D eigenvalue weighted by molar-refractivity contribution is 5.38. The Hall–Kier alpha value is -1.24. The van der Waals surface area contributed by atoms with E-state index in [0.717, 1.165) is 64.0 Å². The van der Waals surface area contributed by atoms with Crippen LogP contribution in [0.5, 0.6) is 0 Å². The topological polar surface area (TPSA) is 44.7 Å². The molecule has 1 unspecified atom stereocenters. The fourth-order valence-electron chi connectivity index (χ4n) is 3.82. The van der Waals surface area contributed by atoms with Gasteiger partial charge in [0.2, 0.25) is 0 Å². The van der Waals surface area contributed by atoms with Gasteiger partial charge in [-0.15, -0.1) is 5.10 Å². The third kappa shape index (κ3) is 4.43. The van der Waals surface area contributed by atoms with Crippen molar-refractivity contribution in [3.05, 3.63) is 17.8 Å². The molecule has 2 aliphatic heterocycles. The van der Waals surface area contributed by atoms with E-state index >= 15 is 0 Å². The lowest BCUT2D eigenvalue weighted by molar-refractivity contribution is 0.0556. The quantitative estimate of drug-likeness (QED) is 0.827. The van der Waals surface area contributed by atoms with Gasteiger partial charge in [-0.1, -0.05) is 0 Å². The van der Waals surface area contributed by atoms with Crippen LogP contribution in [0.25, 0.3) is 0 Å². The van der Waals surface area contributed by atoms with E-state index in [1.165, 1.54) is 12.8 Å². The first kappa shape index (κ1) is 17.6. The molecule has 24 heavy (non-hydrogen) atoms. The van der Waals surface area contributed by atoms with Gasteiger partial charge >= 0.3 is 0 Å². The summed E-state index contributed by atoms with van der Waals surface area (Å²) in [7, 11) is 4.28. The van der Waals surface area contributed by atoms with Gasteiger partial charge in [-0.2, -0.15) is 5.10 Å². The van der Waals surface area contributed by atoms with Crippen molar-refractivity contribution in [1.29, 1.82) is 0 Å². The summed E-state index contributed by atoms with van der Waals surface area (Å²) in [5.74, 6) is 1.00. The zero-order chi connectivity index (χ0) is 17.0. The molecule has 0 aromatic carbocycles. The minimum absolute atomic E-state index is 0.216. The molecular formula is C18H31N5O. The Morgan fingerprint density at radius 3 is 2.83 bits per heavy atom. The van der Waals surface area contributed by atoms with Crippen LogP contribution in [0.2, 0.25) is 0 Å². The number of aromatic nitrogens is 2. The molecule has 0 N–H and O–H groups in total. The van der Waals surface area contributed by atoms with E-state index in [-0.39, 0.29) is 5.41 Å². The van der Waals surface area contributed by atoms with Gasteiger partial charge in [0.25, 0.3) is 0 Å². The number of aryl methyl sites for hydroxylation is 1. The first-order valence-corrected chi connectivity index (χ1v) is 9.06. The van der Waals surface area contributed by atoms with Crippen LogP contribution in [0.4, 0.5) is 5.82 Å². The number of hydrogen-bond acceptors (Lipinski definition) is 6. The molecule has 2 fully saturated rings. The van der Waals surface area contributed by atoms with E-state index in [4.69, 9.17) is 4.74 Å². The molecule has 0 saturated carbocycles. The summed E-state index contributed by atoms with van der Waals surface area (Å²) < 4.78 is 6.01. The van der Waals surface area contributed by atoms with E-state index in [0.29, 0.717) is 0 Å². The largest absolute Gasteiger partial charge is 0.379 e. The molecule has 2 aliphatic rings. The number of nitrogens with zero attached hydrogens (tertiary/aromatic N) is 5. The normalized spacial score (nSPS) is 26.1. The lowest BCUT2D eigenvalue weighted by Crippen LogP contribution is -2.51. The smallest absolute Gasteiger partial charge is 0.151 e. The Bertz CT molecular complexity index is 521. The van der Waals surface area contributed by atoms with Crippen LogP contribution in [0.15, 0.2) is 12.1 Å². The van der Waals surface area contributed by atoms with Crippen LogP contribution in [-0.4, -0.2) is 86.6 Å². The van der Waals surface area contributed by atoms with Gasteiger partial charge in [0.05, 0.1) is 18.9 Å². The van der Waals surface area contributed by atoms with Crippen molar-refractivity contribution in [2.45, 2.75) is 19.8 Å². The maximum atomic E-state index is 6.01. The van der Waals surface area contributed by atoms with Crippen molar-refractivity contribution in [2.75, 3.05) is 71.5 Å². The second-order valence-corrected chi connectivity index (χ2v) is 7.69.